The lowest BCUT2D eigenvalue weighted by molar-refractivity contribution is -0.399. The third-order valence-corrected chi connectivity index (χ3v) is 2.59. The number of alkyl halides is 9. The summed E-state index contributed by atoms with van der Waals surface area (Å²) in [4.78, 5) is 6.02. The van der Waals surface area contributed by atoms with E-state index in [9.17, 15) is 39.5 Å². The lowest BCUT2D eigenvalue weighted by Crippen LogP contribution is -2.59. The molecule has 0 fully saturated rings. The van der Waals surface area contributed by atoms with Gasteiger partial charge < -0.3 is 9.47 Å². The first-order valence-corrected chi connectivity index (χ1v) is 5.39. The second-order valence-electron chi connectivity index (χ2n) is 4.00. The number of nitrogens with zero attached hydrogens (tertiary/aromatic N) is 2. The Kier molecular flexibility index (Phi) is 4.65. The summed E-state index contributed by atoms with van der Waals surface area (Å²) >= 11 is 0. The summed E-state index contributed by atoms with van der Waals surface area (Å²) in [6, 6.07) is -0.660. The highest BCUT2D eigenvalue weighted by Crippen LogP contribution is 2.57. The van der Waals surface area contributed by atoms with Crippen LogP contribution in [-0.4, -0.2) is 42.2 Å². The summed E-state index contributed by atoms with van der Waals surface area (Å²) in [5.74, 6) is -21.2. The fraction of sp³-hybridized carbons (Fsp3) is 0.600. The zero-order valence-corrected chi connectivity index (χ0v) is 11.2. The standard InChI is InChI=1S/C10H7F9N2O2/c1-22-5-4(3-20-6(21-5)23-2)7(11,12)8(13,14)9(15,16)10(17,18)19/h3H,1-2H3. The Hall–Kier alpha value is -1.95. The Morgan fingerprint density at radius 2 is 1.35 bits per heavy atom. The van der Waals surface area contributed by atoms with Crippen LogP contribution >= 0.6 is 0 Å². The summed E-state index contributed by atoms with van der Waals surface area (Å²) in [5, 5.41) is 0. The van der Waals surface area contributed by atoms with Gasteiger partial charge in [0.05, 0.1) is 14.2 Å². The minimum Gasteiger partial charge on any atom is -0.480 e. The summed E-state index contributed by atoms with van der Waals surface area (Å²) in [6.45, 7) is 0. The number of hydrogen-bond acceptors (Lipinski definition) is 4. The van der Waals surface area contributed by atoms with Crippen LogP contribution in [0.25, 0.3) is 0 Å². The van der Waals surface area contributed by atoms with Crippen LogP contribution in [0.5, 0.6) is 11.9 Å². The largest absolute Gasteiger partial charge is 0.480 e. The number of rotatable bonds is 5. The molecule has 0 aromatic carbocycles. The number of ether oxygens (including phenoxy) is 2. The molecule has 0 unspecified atom stereocenters. The predicted molar refractivity (Wildman–Crippen MR) is 55.0 cm³/mol. The highest BCUT2D eigenvalue weighted by molar-refractivity contribution is 5.32. The van der Waals surface area contributed by atoms with Crippen molar-refractivity contribution in [2.24, 2.45) is 0 Å². The molecule has 23 heavy (non-hydrogen) atoms. The molecule has 0 aliphatic rings. The van der Waals surface area contributed by atoms with E-state index < -0.39 is 41.4 Å². The number of halogens is 9. The number of methoxy groups -OCH3 is 2. The van der Waals surface area contributed by atoms with Gasteiger partial charge in [-0.1, -0.05) is 0 Å². The van der Waals surface area contributed by atoms with Crippen LogP contribution < -0.4 is 9.47 Å². The molecule has 0 aliphatic heterocycles. The summed E-state index contributed by atoms with van der Waals surface area (Å²) < 4.78 is 124. The van der Waals surface area contributed by atoms with Crippen molar-refractivity contribution >= 4 is 0 Å². The zero-order chi connectivity index (χ0) is 18.3. The maximum atomic E-state index is 13.7. The van der Waals surface area contributed by atoms with E-state index in [1.165, 1.54) is 0 Å². The van der Waals surface area contributed by atoms with Gasteiger partial charge in [-0.3, -0.25) is 0 Å². The SMILES string of the molecule is COc1ncc(C(F)(F)C(F)(F)C(F)(F)C(F)(F)F)c(OC)n1. The molecular formula is C10H7F9N2O2. The van der Waals surface area contributed by atoms with Crippen molar-refractivity contribution in [2.75, 3.05) is 14.2 Å². The Morgan fingerprint density at radius 1 is 0.826 bits per heavy atom. The zero-order valence-electron chi connectivity index (χ0n) is 11.2. The molecule has 1 aromatic heterocycles. The summed E-state index contributed by atoms with van der Waals surface area (Å²) in [7, 11) is 1.61. The molecule has 0 saturated heterocycles. The van der Waals surface area contributed by atoms with E-state index >= 15 is 0 Å². The van der Waals surface area contributed by atoms with Gasteiger partial charge in [-0.25, -0.2) is 4.98 Å². The van der Waals surface area contributed by atoms with E-state index in [0.717, 1.165) is 7.11 Å². The molecule has 1 aromatic rings. The molecule has 0 saturated carbocycles. The predicted octanol–water partition coefficient (Wildman–Crippen LogP) is 3.42. The molecule has 13 heteroatoms. The minimum atomic E-state index is -7.02. The fourth-order valence-electron chi connectivity index (χ4n) is 1.36. The molecule has 0 amide bonds. The quantitative estimate of drug-likeness (QED) is 0.757. The highest BCUT2D eigenvalue weighted by atomic mass is 19.4. The molecule has 1 heterocycles. The van der Waals surface area contributed by atoms with Gasteiger partial charge in [0, 0.05) is 6.20 Å². The van der Waals surface area contributed by atoms with Crippen LogP contribution in [0.15, 0.2) is 6.20 Å². The van der Waals surface area contributed by atoms with Gasteiger partial charge in [-0.05, 0) is 0 Å². The third-order valence-electron chi connectivity index (χ3n) is 2.59. The lowest BCUT2D eigenvalue weighted by Gasteiger charge is -2.33. The number of aromatic nitrogens is 2. The average Bonchev–Trinajstić information content (AvgIpc) is 2.44. The van der Waals surface area contributed by atoms with Crippen molar-refractivity contribution in [2.45, 2.75) is 23.9 Å². The normalized spacial score (nSPS) is 13.9. The molecule has 0 radical (unpaired) electrons. The smallest absolute Gasteiger partial charge is 0.460 e. The Balaban J connectivity index is 3.52. The minimum absolute atomic E-state index is 0.0922. The average molecular weight is 358 g/mol. The van der Waals surface area contributed by atoms with Crippen LogP contribution in [-0.2, 0) is 5.92 Å². The summed E-state index contributed by atoms with van der Waals surface area (Å²) in [5.41, 5.74) is -2.06. The maximum absolute atomic E-state index is 13.7. The van der Waals surface area contributed by atoms with E-state index in [0.29, 0.717) is 7.11 Å². The van der Waals surface area contributed by atoms with Crippen molar-refractivity contribution in [1.82, 2.24) is 9.97 Å². The molecule has 0 spiro atoms. The van der Waals surface area contributed by atoms with Crippen molar-refractivity contribution in [3.63, 3.8) is 0 Å². The topological polar surface area (TPSA) is 44.2 Å². The molecule has 132 valence electrons. The van der Waals surface area contributed by atoms with Crippen LogP contribution in [0.3, 0.4) is 0 Å². The maximum Gasteiger partial charge on any atom is 0.460 e. The summed E-state index contributed by atoms with van der Waals surface area (Å²) in [6.07, 6.45) is -7.01. The van der Waals surface area contributed by atoms with E-state index in [1.807, 2.05) is 0 Å². The molecule has 1 rings (SSSR count). The van der Waals surface area contributed by atoms with Crippen LogP contribution in [0.4, 0.5) is 39.5 Å². The van der Waals surface area contributed by atoms with Gasteiger partial charge in [0.1, 0.15) is 5.56 Å². The number of hydrogen-bond donors (Lipinski definition) is 0. The molecule has 0 aliphatic carbocycles. The molecule has 0 N–H and O–H groups in total. The van der Waals surface area contributed by atoms with Crippen molar-refractivity contribution in [3.05, 3.63) is 11.8 Å². The molecule has 0 bridgehead atoms. The van der Waals surface area contributed by atoms with Crippen molar-refractivity contribution in [3.8, 4) is 11.9 Å². The Morgan fingerprint density at radius 3 is 1.74 bits per heavy atom. The molecular weight excluding hydrogens is 351 g/mol. The van der Waals surface area contributed by atoms with Gasteiger partial charge in [0.25, 0.3) is 0 Å². The fourth-order valence-corrected chi connectivity index (χ4v) is 1.36. The first kappa shape index (κ1) is 19.1. The lowest BCUT2D eigenvalue weighted by atomic mass is 9.98. The van der Waals surface area contributed by atoms with E-state index in [2.05, 4.69) is 19.4 Å². The Labute approximate surface area is 122 Å². The van der Waals surface area contributed by atoms with E-state index in [4.69, 9.17) is 0 Å². The van der Waals surface area contributed by atoms with E-state index in [1.54, 1.807) is 0 Å². The second kappa shape index (κ2) is 5.60. The van der Waals surface area contributed by atoms with Gasteiger partial charge in [0.15, 0.2) is 0 Å². The van der Waals surface area contributed by atoms with Crippen molar-refractivity contribution in [1.29, 1.82) is 0 Å². The van der Waals surface area contributed by atoms with Crippen LogP contribution in [0, 0.1) is 0 Å². The van der Waals surface area contributed by atoms with Gasteiger partial charge >= 0.3 is 30.0 Å². The van der Waals surface area contributed by atoms with E-state index in [-0.39, 0.29) is 6.20 Å². The van der Waals surface area contributed by atoms with Crippen LogP contribution in [0.1, 0.15) is 5.56 Å². The van der Waals surface area contributed by atoms with Crippen LogP contribution in [0.2, 0.25) is 0 Å². The first-order valence-electron chi connectivity index (χ1n) is 5.39. The second-order valence-corrected chi connectivity index (χ2v) is 4.00. The third kappa shape index (κ3) is 2.83. The Bertz CT molecular complexity index is 574. The first-order chi connectivity index (χ1) is 10.2. The monoisotopic (exact) mass is 358 g/mol. The van der Waals surface area contributed by atoms with Crippen molar-refractivity contribution < 1.29 is 49.0 Å². The highest BCUT2D eigenvalue weighted by Gasteiger charge is 2.82. The van der Waals surface area contributed by atoms with Gasteiger partial charge in [-0.2, -0.15) is 44.5 Å². The molecule has 4 nitrogen and oxygen atoms in total. The van der Waals surface area contributed by atoms with Gasteiger partial charge in [0.2, 0.25) is 5.88 Å². The molecule has 0 atom stereocenters. The van der Waals surface area contributed by atoms with Gasteiger partial charge in [-0.15, -0.1) is 0 Å².